The van der Waals surface area contributed by atoms with E-state index in [-0.39, 0.29) is 0 Å². The van der Waals surface area contributed by atoms with Crippen LogP contribution in [0, 0.1) is 6.92 Å². The van der Waals surface area contributed by atoms with Gasteiger partial charge in [-0.1, -0.05) is 42.5 Å². The minimum Gasteiger partial charge on any atom is -0.236 e. The van der Waals surface area contributed by atoms with E-state index in [0.29, 0.717) is 0 Å². The van der Waals surface area contributed by atoms with Gasteiger partial charge in [-0.15, -0.1) is 11.3 Å². The van der Waals surface area contributed by atoms with Crippen LogP contribution in [0.3, 0.4) is 0 Å². The van der Waals surface area contributed by atoms with Crippen LogP contribution in [0.4, 0.5) is 0 Å². The van der Waals surface area contributed by atoms with Crippen LogP contribution in [-0.2, 0) is 6.54 Å². The largest absolute Gasteiger partial charge is 0.298 e. The summed E-state index contributed by atoms with van der Waals surface area (Å²) >= 11 is 1.77. The lowest BCUT2D eigenvalue weighted by Crippen LogP contribution is -2.35. The first-order valence-corrected chi connectivity index (χ1v) is 8.30. The molecule has 2 heterocycles. The smallest absolute Gasteiger partial charge is 0.236 e. The Morgan fingerprint density at radius 1 is 0.955 bits per heavy atom. The normalized spacial score (nSPS) is 11.1. The maximum Gasteiger partial charge on any atom is 0.298 e. The van der Waals surface area contributed by atoms with Gasteiger partial charge in [0, 0.05) is 0 Å². The molecule has 4 aromatic rings. The average Bonchev–Trinajstić information content (AvgIpc) is 3.17. The zero-order valence-electron chi connectivity index (χ0n) is 12.4. The molecule has 22 heavy (non-hydrogen) atoms. The Balaban J connectivity index is 1.91. The summed E-state index contributed by atoms with van der Waals surface area (Å²) in [6.07, 6.45) is 0. The molecule has 0 unspecified atom stereocenters. The minimum atomic E-state index is 0.879. The molecule has 2 aromatic carbocycles. The molecule has 4 rings (SSSR count). The van der Waals surface area contributed by atoms with E-state index in [2.05, 4.69) is 82.5 Å². The van der Waals surface area contributed by atoms with Crippen molar-refractivity contribution in [1.29, 1.82) is 0 Å². The predicted octanol–water partition coefficient (Wildman–Crippen LogP) is 4.54. The standard InChI is InChI=1S/C19H16N2S/c1-14-7-2-3-8-15(14)13-21-17-10-5-4-9-16(17)20-19(21)18-11-6-12-22-18/h2-12H,13H2,1H3/p+1. The van der Waals surface area contributed by atoms with Gasteiger partial charge in [-0.2, -0.15) is 0 Å². The van der Waals surface area contributed by atoms with Crippen molar-refractivity contribution in [2.24, 2.45) is 0 Å². The number of aryl methyl sites for hydroxylation is 1. The number of fused-ring (bicyclic) bond motifs is 1. The van der Waals surface area contributed by atoms with Crippen molar-refractivity contribution in [2.45, 2.75) is 13.5 Å². The molecule has 0 aliphatic rings. The van der Waals surface area contributed by atoms with Gasteiger partial charge in [-0.05, 0) is 41.6 Å². The highest BCUT2D eigenvalue weighted by Crippen LogP contribution is 2.24. The Morgan fingerprint density at radius 3 is 2.59 bits per heavy atom. The number of aromatic amines is 1. The third-order valence-corrected chi connectivity index (χ3v) is 4.94. The Hall–Kier alpha value is -2.39. The van der Waals surface area contributed by atoms with Gasteiger partial charge in [-0.25, -0.2) is 9.55 Å². The Labute approximate surface area is 133 Å². The quantitative estimate of drug-likeness (QED) is 0.536. The summed E-state index contributed by atoms with van der Waals surface area (Å²) in [6.45, 7) is 3.06. The second-order valence-electron chi connectivity index (χ2n) is 5.48. The van der Waals surface area contributed by atoms with Crippen LogP contribution >= 0.6 is 11.3 Å². The number of nitrogens with one attached hydrogen (secondary N) is 1. The highest BCUT2D eigenvalue weighted by molar-refractivity contribution is 7.13. The van der Waals surface area contributed by atoms with Crippen LogP contribution in [0.1, 0.15) is 11.1 Å². The fraction of sp³-hybridized carbons (Fsp3) is 0.105. The van der Waals surface area contributed by atoms with Gasteiger partial charge in [0.1, 0.15) is 11.4 Å². The lowest BCUT2D eigenvalue weighted by Gasteiger charge is -2.05. The molecule has 0 fully saturated rings. The van der Waals surface area contributed by atoms with Crippen molar-refractivity contribution in [3.63, 3.8) is 0 Å². The minimum absolute atomic E-state index is 0.879. The van der Waals surface area contributed by atoms with Crippen molar-refractivity contribution in [1.82, 2.24) is 4.98 Å². The SMILES string of the molecule is Cc1ccccc1C[n+]1c(-c2cccs2)[nH]c2ccccc21. The first-order valence-electron chi connectivity index (χ1n) is 7.42. The highest BCUT2D eigenvalue weighted by atomic mass is 32.1. The van der Waals surface area contributed by atoms with E-state index in [1.807, 2.05) is 0 Å². The number of hydrogen-bond acceptors (Lipinski definition) is 1. The molecule has 108 valence electrons. The van der Waals surface area contributed by atoms with Gasteiger partial charge in [0.15, 0.2) is 11.0 Å². The second-order valence-corrected chi connectivity index (χ2v) is 6.43. The number of para-hydroxylation sites is 2. The maximum absolute atomic E-state index is 3.58. The van der Waals surface area contributed by atoms with E-state index in [1.54, 1.807) is 11.3 Å². The Kier molecular flexibility index (Phi) is 3.28. The summed E-state index contributed by atoms with van der Waals surface area (Å²) in [4.78, 5) is 4.85. The molecule has 1 N–H and O–H groups in total. The number of nitrogens with zero attached hydrogens (tertiary/aromatic N) is 1. The van der Waals surface area contributed by atoms with Gasteiger partial charge < -0.3 is 0 Å². The fourth-order valence-electron chi connectivity index (χ4n) is 2.86. The van der Waals surface area contributed by atoms with E-state index < -0.39 is 0 Å². The monoisotopic (exact) mass is 305 g/mol. The second kappa shape index (κ2) is 5.43. The van der Waals surface area contributed by atoms with Gasteiger partial charge >= 0.3 is 0 Å². The van der Waals surface area contributed by atoms with Crippen LogP contribution in [-0.4, -0.2) is 4.98 Å². The van der Waals surface area contributed by atoms with Crippen molar-refractivity contribution in [2.75, 3.05) is 0 Å². The summed E-state index contributed by atoms with van der Waals surface area (Å²) in [5, 5.41) is 2.12. The molecule has 0 radical (unpaired) electrons. The first-order chi connectivity index (χ1) is 10.8. The number of hydrogen-bond donors (Lipinski definition) is 1. The molecule has 0 saturated carbocycles. The molecular formula is C19H17N2S+. The topological polar surface area (TPSA) is 19.7 Å². The number of aromatic nitrogens is 2. The van der Waals surface area contributed by atoms with E-state index in [9.17, 15) is 0 Å². The Bertz CT molecular complexity index is 920. The van der Waals surface area contributed by atoms with Crippen molar-refractivity contribution >= 4 is 22.4 Å². The van der Waals surface area contributed by atoms with Crippen LogP contribution in [0.5, 0.6) is 0 Å². The predicted molar refractivity (Wildman–Crippen MR) is 92.1 cm³/mol. The zero-order chi connectivity index (χ0) is 14.9. The number of rotatable bonds is 3. The third-order valence-electron chi connectivity index (χ3n) is 4.06. The molecule has 3 heteroatoms. The number of imidazole rings is 1. The van der Waals surface area contributed by atoms with Gasteiger partial charge in [0.25, 0.3) is 5.82 Å². The maximum atomic E-state index is 3.58. The molecule has 0 amide bonds. The first kappa shape index (κ1) is 13.3. The summed E-state index contributed by atoms with van der Waals surface area (Å²) < 4.78 is 2.38. The summed E-state index contributed by atoms with van der Waals surface area (Å²) in [7, 11) is 0. The summed E-state index contributed by atoms with van der Waals surface area (Å²) in [5.74, 6) is 1.18. The molecule has 0 saturated heterocycles. The van der Waals surface area contributed by atoms with Crippen molar-refractivity contribution in [3.8, 4) is 10.7 Å². The molecule has 0 aliphatic carbocycles. The lowest BCUT2D eigenvalue weighted by molar-refractivity contribution is -0.650. The summed E-state index contributed by atoms with van der Waals surface area (Å²) in [5.41, 5.74) is 5.11. The molecule has 2 nitrogen and oxygen atoms in total. The van der Waals surface area contributed by atoms with E-state index in [4.69, 9.17) is 0 Å². The molecular weight excluding hydrogens is 288 g/mol. The lowest BCUT2D eigenvalue weighted by atomic mass is 10.1. The Morgan fingerprint density at radius 2 is 1.77 bits per heavy atom. The number of thiophene rings is 1. The van der Waals surface area contributed by atoms with E-state index in [0.717, 1.165) is 6.54 Å². The number of H-pyrrole nitrogens is 1. The zero-order valence-corrected chi connectivity index (χ0v) is 13.2. The van der Waals surface area contributed by atoms with Crippen LogP contribution < -0.4 is 4.57 Å². The molecule has 0 aliphatic heterocycles. The summed E-state index contributed by atoms with van der Waals surface area (Å²) in [6, 6.07) is 21.4. The molecule has 0 atom stereocenters. The number of benzene rings is 2. The average molecular weight is 305 g/mol. The van der Waals surface area contributed by atoms with E-state index >= 15 is 0 Å². The van der Waals surface area contributed by atoms with Crippen molar-refractivity contribution < 1.29 is 4.57 Å². The fourth-order valence-corrected chi connectivity index (χ4v) is 3.59. The molecule has 2 aromatic heterocycles. The third kappa shape index (κ3) is 2.24. The highest BCUT2D eigenvalue weighted by Gasteiger charge is 2.21. The molecule has 0 bridgehead atoms. The molecule has 0 spiro atoms. The van der Waals surface area contributed by atoms with Crippen LogP contribution in [0.25, 0.3) is 21.7 Å². The van der Waals surface area contributed by atoms with Crippen LogP contribution in [0.2, 0.25) is 0 Å². The van der Waals surface area contributed by atoms with Crippen molar-refractivity contribution in [3.05, 3.63) is 77.2 Å². The van der Waals surface area contributed by atoms with Crippen LogP contribution in [0.15, 0.2) is 66.0 Å². The van der Waals surface area contributed by atoms with Gasteiger partial charge in [-0.3, -0.25) is 0 Å². The van der Waals surface area contributed by atoms with Gasteiger partial charge in [0.05, 0.1) is 0 Å². The van der Waals surface area contributed by atoms with E-state index in [1.165, 1.54) is 32.9 Å². The van der Waals surface area contributed by atoms with Gasteiger partial charge in [0.2, 0.25) is 0 Å².